The van der Waals surface area contributed by atoms with E-state index in [1.54, 1.807) is 6.92 Å². The van der Waals surface area contributed by atoms with Crippen LogP contribution in [0.25, 0.3) is 0 Å². The Kier molecular flexibility index (Phi) is 4.89. The zero-order valence-corrected chi connectivity index (χ0v) is 17.1. The third-order valence-corrected chi connectivity index (χ3v) is 5.98. The first kappa shape index (κ1) is 19.0. The zero-order chi connectivity index (χ0) is 19.9. The Morgan fingerprint density at radius 1 is 1.25 bits per heavy atom. The lowest BCUT2D eigenvalue weighted by Gasteiger charge is -2.42. The molecule has 2 heterocycles. The van der Waals surface area contributed by atoms with E-state index in [2.05, 4.69) is 10.2 Å². The van der Waals surface area contributed by atoms with Crippen molar-refractivity contribution >= 4 is 28.9 Å². The van der Waals surface area contributed by atoms with E-state index in [0.717, 1.165) is 41.7 Å². The van der Waals surface area contributed by atoms with Gasteiger partial charge in [-0.1, -0.05) is 37.6 Å². The number of amidine groups is 1. The highest BCUT2D eigenvalue weighted by molar-refractivity contribution is 6.31. The number of piperazine rings is 1. The number of hydrogen-bond donors (Lipinski definition) is 1. The van der Waals surface area contributed by atoms with Crippen molar-refractivity contribution in [3.8, 4) is 11.5 Å². The van der Waals surface area contributed by atoms with Crippen molar-refractivity contribution in [3.63, 3.8) is 0 Å². The quantitative estimate of drug-likeness (QED) is 0.815. The first-order chi connectivity index (χ1) is 13.4. The Morgan fingerprint density at radius 2 is 2.04 bits per heavy atom. The number of Topliss-reactive ketones (excluding diaryl/α,β-unsaturated/α-hetero) is 1. The van der Waals surface area contributed by atoms with Crippen molar-refractivity contribution in [2.24, 2.45) is 10.4 Å². The molecule has 6 heteroatoms. The Hall–Kier alpha value is -2.37. The van der Waals surface area contributed by atoms with E-state index in [4.69, 9.17) is 21.3 Å². The fraction of sp³-hybridized carbons (Fsp3) is 0.364. The number of nitrogens with one attached hydrogen (secondary N) is 1. The van der Waals surface area contributed by atoms with E-state index in [1.165, 1.54) is 0 Å². The number of ether oxygens (including phenoxy) is 1. The molecule has 1 fully saturated rings. The second-order valence-corrected chi connectivity index (χ2v) is 8.31. The molecule has 146 valence electrons. The maximum Gasteiger partial charge on any atom is 0.153 e. The minimum atomic E-state index is -0.463. The number of halogens is 1. The van der Waals surface area contributed by atoms with Crippen LogP contribution < -0.4 is 10.1 Å². The molecule has 2 aliphatic rings. The van der Waals surface area contributed by atoms with Crippen molar-refractivity contribution in [1.82, 2.24) is 10.2 Å². The monoisotopic (exact) mass is 397 g/mol. The average molecular weight is 398 g/mol. The molecule has 1 unspecified atom stereocenters. The van der Waals surface area contributed by atoms with Gasteiger partial charge in [-0.25, -0.2) is 4.99 Å². The van der Waals surface area contributed by atoms with Crippen molar-refractivity contribution in [2.45, 2.75) is 26.8 Å². The molecule has 0 saturated carbocycles. The highest BCUT2D eigenvalue weighted by Gasteiger charge is 2.38. The lowest BCUT2D eigenvalue weighted by molar-refractivity contribution is -0.126. The molecule has 0 amide bonds. The number of rotatable bonds is 2. The summed E-state index contributed by atoms with van der Waals surface area (Å²) in [6, 6.07) is 13.4. The predicted molar refractivity (Wildman–Crippen MR) is 112 cm³/mol. The Labute approximate surface area is 170 Å². The molecule has 5 nitrogen and oxygen atoms in total. The molecule has 2 aliphatic heterocycles. The van der Waals surface area contributed by atoms with Crippen LogP contribution in [0.3, 0.4) is 0 Å². The highest BCUT2D eigenvalue weighted by Crippen LogP contribution is 2.39. The average Bonchev–Trinajstić information content (AvgIpc) is 2.84. The minimum Gasteiger partial charge on any atom is -0.454 e. The summed E-state index contributed by atoms with van der Waals surface area (Å²) < 4.78 is 6.14. The summed E-state index contributed by atoms with van der Waals surface area (Å²) in [4.78, 5) is 19.4. The highest BCUT2D eigenvalue weighted by atomic mass is 35.5. The summed E-state index contributed by atoms with van der Waals surface area (Å²) in [6.45, 7) is 7.89. The molecule has 0 spiro atoms. The zero-order valence-electron chi connectivity index (χ0n) is 16.3. The number of carbonyl (C=O) groups excluding carboxylic acids is 1. The van der Waals surface area contributed by atoms with Gasteiger partial charge in [-0.3, -0.25) is 4.79 Å². The molecule has 1 N–H and O–H groups in total. The van der Waals surface area contributed by atoms with Crippen LogP contribution in [0, 0.1) is 5.41 Å². The summed E-state index contributed by atoms with van der Waals surface area (Å²) in [5.41, 5.74) is 1.19. The van der Waals surface area contributed by atoms with Crippen LogP contribution in [0.4, 0.5) is 5.69 Å². The van der Waals surface area contributed by atoms with Crippen LogP contribution >= 0.6 is 11.6 Å². The molecular formula is C22H24ClN3O2. The number of hydrogen-bond acceptors (Lipinski definition) is 5. The molecule has 2 aromatic carbocycles. The molecule has 2 aromatic rings. The van der Waals surface area contributed by atoms with Crippen LogP contribution in [-0.4, -0.2) is 42.2 Å². The lowest BCUT2D eigenvalue weighted by atomic mass is 9.79. The van der Waals surface area contributed by atoms with Crippen LogP contribution in [0.2, 0.25) is 5.02 Å². The summed E-state index contributed by atoms with van der Waals surface area (Å²) in [5.74, 6) is 2.45. The summed E-state index contributed by atoms with van der Waals surface area (Å²) >= 11 is 6.30. The Bertz CT molecular complexity index is 955. The summed E-state index contributed by atoms with van der Waals surface area (Å²) in [7, 11) is 0. The number of carbonyl (C=O) groups is 1. The Morgan fingerprint density at radius 3 is 2.82 bits per heavy atom. The number of para-hydroxylation sites is 2. The second kappa shape index (κ2) is 7.22. The molecule has 0 bridgehead atoms. The van der Waals surface area contributed by atoms with Gasteiger partial charge < -0.3 is 15.0 Å². The van der Waals surface area contributed by atoms with Gasteiger partial charge in [0.1, 0.15) is 23.1 Å². The third kappa shape index (κ3) is 3.40. The number of ketones is 1. The fourth-order valence-corrected chi connectivity index (χ4v) is 3.78. The number of nitrogens with zero attached hydrogens (tertiary/aromatic N) is 2. The van der Waals surface area contributed by atoms with Gasteiger partial charge in [-0.2, -0.15) is 0 Å². The van der Waals surface area contributed by atoms with Crippen molar-refractivity contribution < 1.29 is 9.53 Å². The summed E-state index contributed by atoms with van der Waals surface area (Å²) in [5, 5.41) is 4.14. The predicted octanol–water partition coefficient (Wildman–Crippen LogP) is 4.41. The first-order valence-corrected chi connectivity index (χ1v) is 9.89. The SMILES string of the molecule is CC(=O)C(C)(C)C1CN(C2=Nc3ccccc3Oc3ccc(Cl)cc32)CCN1. The van der Waals surface area contributed by atoms with Gasteiger partial charge in [-0.05, 0) is 37.3 Å². The molecule has 1 atom stereocenters. The maximum atomic E-state index is 12.2. The van der Waals surface area contributed by atoms with Crippen molar-refractivity contribution in [2.75, 3.05) is 19.6 Å². The van der Waals surface area contributed by atoms with Gasteiger partial charge in [0.2, 0.25) is 0 Å². The van der Waals surface area contributed by atoms with E-state index >= 15 is 0 Å². The normalized spacial score (nSPS) is 19.1. The molecule has 0 aromatic heterocycles. The smallest absolute Gasteiger partial charge is 0.153 e. The van der Waals surface area contributed by atoms with Gasteiger partial charge in [0.15, 0.2) is 5.75 Å². The van der Waals surface area contributed by atoms with Crippen LogP contribution in [-0.2, 0) is 4.79 Å². The first-order valence-electron chi connectivity index (χ1n) is 9.51. The topological polar surface area (TPSA) is 53.9 Å². The molecule has 0 aliphatic carbocycles. The van der Waals surface area contributed by atoms with Crippen LogP contribution in [0.15, 0.2) is 47.5 Å². The molecular weight excluding hydrogens is 374 g/mol. The van der Waals surface area contributed by atoms with E-state index in [1.807, 2.05) is 56.3 Å². The van der Waals surface area contributed by atoms with Gasteiger partial charge in [-0.15, -0.1) is 0 Å². The van der Waals surface area contributed by atoms with Crippen LogP contribution in [0.5, 0.6) is 11.5 Å². The van der Waals surface area contributed by atoms with Gasteiger partial charge >= 0.3 is 0 Å². The fourth-order valence-electron chi connectivity index (χ4n) is 3.61. The van der Waals surface area contributed by atoms with Gasteiger partial charge in [0.05, 0.1) is 5.56 Å². The standard InChI is InChI=1S/C22H24ClN3O2/c1-14(27)22(2,3)20-13-26(11-10-24-20)21-16-12-15(23)8-9-18(16)28-19-7-5-4-6-17(19)25-21/h4-9,12,20,24H,10-11,13H2,1-3H3. The number of benzene rings is 2. The van der Waals surface area contributed by atoms with Crippen LogP contribution in [0.1, 0.15) is 26.3 Å². The largest absolute Gasteiger partial charge is 0.454 e. The molecule has 0 radical (unpaired) electrons. The van der Waals surface area contributed by atoms with E-state index < -0.39 is 5.41 Å². The molecule has 4 rings (SSSR count). The third-order valence-electron chi connectivity index (χ3n) is 5.75. The number of aliphatic imine (C=N–C) groups is 1. The maximum absolute atomic E-state index is 12.2. The molecule has 1 saturated heterocycles. The summed E-state index contributed by atoms with van der Waals surface area (Å²) in [6.07, 6.45) is 0. The van der Waals surface area contributed by atoms with Crippen molar-refractivity contribution in [1.29, 1.82) is 0 Å². The van der Waals surface area contributed by atoms with E-state index in [9.17, 15) is 4.79 Å². The Balaban J connectivity index is 1.78. The second-order valence-electron chi connectivity index (χ2n) is 7.88. The van der Waals surface area contributed by atoms with Gasteiger partial charge in [0.25, 0.3) is 0 Å². The molecule has 28 heavy (non-hydrogen) atoms. The van der Waals surface area contributed by atoms with Crippen molar-refractivity contribution in [3.05, 3.63) is 53.1 Å². The lowest BCUT2D eigenvalue weighted by Crippen LogP contribution is -2.59. The van der Waals surface area contributed by atoms with Gasteiger partial charge in [0, 0.05) is 36.1 Å². The van der Waals surface area contributed by atoms with E-state index in [-0.39, 0.29) is 11.8 Å². The van der Waals surface area contributed by atoms with E-state index in [0.29, 0.717) is 11.6 Å². The minimum absolute atomic E-state index is 0.0310. The number of fused-ring (bicyclic) bond motifs is 2.